The average Bonchev–Trinajstić information content (AvgIpc) is 2.39. The van der Waals surface area contributed by atoms with Crippen LogP contribution in [0, 0.1) is 6.92 Å². The van der Waals surface area contributed by atoms with Gasteiger partial charge in [-0.15, -0.1) is 0 Å². The first-order valence-corrected chi connectivity index (χ1v) is 6.25. The number of rotatable bonds is 2. The molecule has 0 aliphatic carbocycles. The standard InChI is InChI=1S/C17H16N/c1-14-5-4-6-15(11-14)12-18-10-9-16-7-2-3-8-17(16)13-18/h2-11,13H,12H2,1H3/q+1. The number of benzene rings is 2. The summed E-state index contributed by atoms with van der Waals surface area (Å²) < 4.78 is 2.23. The van der Waals surface area contributed by atoms with E-state index >= 15 is 0 Å². The van der Waals surface area contributed by atoms with Crippen LogP contribution < -0.4 is 4.57 Å². The zero-order valence-corrected chi connectivity index (χ0v) is 10.5. The Morgan fingerprint density at radius 1 is 0.889 bits per heavy atom. The number of aromatic nitrogens is 1. The van der Waals surface area contributed by atoms with Crippen molar-refractivity contribution in [2.24, 2.45) is 0 Å². The van der Waals surface area contributed by atoms with Crippen molar-refractivity contribution in [3.05, 3.63) is 78.1 Å². The van der Waals surface area contributed by atoms with Crippen LogP contribution in [-0.2, 0) is 6.54 Å². The highest BCUT2D eigenvalue weighted by molar-refractivity contribution is 5.80. The van der Waals surface area contributed by atoms with Gasteiger partial charge in [0.2, 0.25) is 0 Å². The molecule has 1 heteroatoms. The van der Waals surface area contributed by atoms with Crippen LogP contribution in [0.2, 0.25) is 0 Å². The molecule has 0 N–H and O–H groups in total. The van der Waals surface area contributed by atoms with Crippen molar-refractivity contribution < 1.29 is 4.57 Å². The summed E-state index contributed by atoms with van der Waals surface area (Å²) >= 11 is 0. The molecule has 0 radical (unpaired) electrons. The molecule has 0 spiro atoms. The van der Waals surface area contributed by atoms with Crippen molar-refractivity contribution in [3.8, 4) is 0 Å². The summed E-state index contributed by atoms with van der Waals surface area (Å²) in [4.78, 5) is 0. The summed E-state index contributed by atoms with van der Waals surface area (Å²) in [7, 11) is 0. The molecule has 0 atom stereocenters. The summed E-state index contributed by atoms with van der Waals surface area (Å²) in [6.07, 6.45) is 4.35. The minimum absolute atomic E-state index is 0.923. The highest BCUT2D eigenvalue weighted by Crippen LogP contribution is 2.10. The van der Waals surface area contributed by atoms with Gasteiger partial charge in [-0.1, -0.05) is 42.0 Å². The molecule has 0 unspecified atom stereocenters. The SMILES string of the molecule is Cc1cccc(C[n+]2ccc3ccccc3c2)c1. The smallest absolute Gasteiger partial charge is 0.176 e. The first-order chi connectivity index (χ1) is 8.81. The van der Waals surface area contributed by atoms with E-state index in [1.807, 2.05) is 0 Å². The van der Waals surface area contributed by atoms with Crippen LogP contribution in [0.1, 0.15) is 11.1 Å². The molecule has 1 nitrogen and oxygen atoms in total. The van der Waals surface area contributed by atoms with Gasteiger partial charge in [-0.05, 0) is 24.4 Å². The van der Waals surface area contributed by atoms with Gasteiger partial charge < -0.3 is 0 Å². The number of hydrogen-bond acceptors (Lipinski definition) is 0. The maximum Gasteiger partial charge on any atom is 0.176 e. The highest BCUT2D eigenvalue weighted by atomic mass is 14.9. The van der Waals surface area contributed by atoms with Crippen LogP contribution >= 0.6 is 0 Å². The molecule has 3 rings (SSSR count). The topological polar surface area (TPSA) is 3.88 Å². The molecule has 0 fully saturated rings. The van der Waals surface area contributed by atoms with E-state index in [-0.39, 0.29) is 0 Å². The zero-order chi connectivity index (χ0) is 12.4. The van der Waals surface area contributed by atoms with E-state index in [1.165, 1.54) is 21.9 Å². The monoisotopic (exact) mass is 234 g/mol. The predicted molar refractivity (Wildman–Crippen MR) is 74.4 cm³/mol. The van der Waals surface area contributed by atoms with E-state index in [9.17, 15) is 0 Å². The van der Waals surface area contributed by atoms with Gasteiger partial charge in [-0.3, -0.25) is 0 Å². The molecule has 1 aromatic heterocycles. The van der Waals surface area contributed by atoms with Gasteiger partial charge in [0.15, 0.2) is 18.9 Å². The van der Waals surface area contributed by atoms with Crippen molar-refractivity contribution in [1.29, 1.82) is 0 Å². The summed E-state index contributed by atoms with van der Waals surface area (Å²) in [6.45, 7) is 3.06. The molecule has 0 amide bonds. The molecule has 0 bridgehead atoms. The van der Waals surface area contributed by atoms with Gasteiger partial charge in [-0.25, -0.2) is 4.57 Å². The zero-order valence-electron chi connectivity index (χ0n) is 10.5. The normalized spacial score (nSPS) is 10.7. The van der Waals surface area contributed by atoms with E-state index in [2.05, 4.69) is 78.5 Å². The van der Waals surface area contributed by atoms with Crippen molar-refractivity contribution in [3.63, 3.8) is 0 Å². The molecule has 2 aromatic carbocycles. The lowest BCUT2D eigenvalue weighted by molar-refractivity contribution is -0.687. The fourth-order valence-corrected chi connectivity index (χ4v) is 2.30. The van der Waals surface area contributed by atoms with Crippen molar-refractivity contribution in [2.75, 3.05) is 0 Å². The van der Waals surface area contributed by atoms with Crippen molar-refractivity contribution in [1.82, 2.24) is 0 Å². The Labute approximate surface area is 107 Å². The van der Waals surface area contributed by atoms with E-state index in [1.54, 1.807) is 0 Å². The van der Waals surface area contributed by atoms with Crippen LogP contribution in [0.15, 0.2) is 67.0 Å². The number of aryl methyl sites for hydroxylation is 1. The van der Waals surface area contributed by atoms with Gasteiger partial charge >= 0.3 is 0 Å². The number of hydrogen-bond donors (Lipinski definition) is 0. The maximum atomic E-state index is 2.24. The summed E-state index contributed by atoms with van der Waals surface area (Å²) in [6, 6.07) is 19.3. The molecular formula is C17H16N+. The second-order valence-corrected chi connectivity index (χ2v) is 4.74. The van der Waals surface area contributed by atoms with E-state index < -0.39 is 0 Å². The van der Waals surface area contributed by atoms with E-state index in [4.69, 9.17) is 0 Å². The first kappa shape index (κ1) is 11.0. The van der Waals surface area contributed by atoms with Crippen molar-refractivity contribution >= 4 is 10.8 Å². The molecular weight excluding hydrogens is 218 g/mol. The van der Waals surface area contributed by atoms with Crippen LogP contribution in [0.5, 0.6) is 0 Å². The van der Waals surface area contributed by atoms with Gasteiger partial charge in [0, 0.05) is 17.0 Å². The first-order valence-electron chi connectivity index (χ1n) is 6.25. The third kappa shape index (κ3) is 2.25. The molecule has 18 heavy (non-hydrogen) atoms. The summed E-state index contributed by atoms with van der Waals surface area (Å²) in [5.41, 5.74) is 2.66. The van der Waals surface area contributed by atoms with Gasteiger partial charge in [-0.2, -0.15) is 0 Å². The van der Waals surface area contributed by atoms with Gasteiger partial charge in [0.25, 0.3) is 0 Å². The maximum absolute atomic E-state index is 2.24. The second-order valence-electron chi connectivity index (χ2n) is 4.74. The van der Waals surface area contributed by atoms with Crippen molar-refractivity contribution in [2.45, 2.75) is 13.5 Å². The van der Waals surface area contributed by atoms with Gasteiger partial charge in [0.1, 0.15) is 0 Å². The highest BCUT2D eigenvalue weighted by Gasteiger charge is 2.04. The van der Waals surface area contributed by atoms with Crippen LogP contribution in [-0.4, -0.2) is 0 Å². The molecule has 0 saturated carbocycles. The van der Waals surface area contributed by atoms with Crippen LogP contribution in [0.4, 0.5) is 0 Å². The summed E-state index contributed by atoms with van der Waals surface area (Å²) in [5.74, 6) is 0. The molecule has 1 heterocycles. The van der Waals surface area contributed by atoms with Crippen LogP contribution in [0.3, 0.4) is 0 Å². The quantitative estimate of drug-likeness (QED) is 0.598. The molecule has 0 saturated heterocycles. The Kier molecular flexibility index (Phi) is 2.81. The average molecular weight is 234 g/mol. The Morgan fingerprint density at radius 2 is 1.72 bits per heavy atom. The Balaban J connectivity index is 1.95. The van der Waals surface area contributed by atoms with E-state index in [0.29, 0.717) is 0 Å². The fourth-order valence-electron chi connectivity index (χ4n) is 2.30. The minimum atomic E-state index is 0.923. The summed E-state index contributed by atoms with van der Waals surface area (Å²) in [5, 5.41) is 2.57. The Bertz CT molecular complexity index is 686. The fraction of sp³-hybridized carbons (Fsp3) is 0.118. The van der Waals surface area contributed by atoms with E-state index in [0.717, 1.165) is 6.54 Å². The van der Waals surface area contributed by atoms with Gasteiger partial charge in [0.05, 0.1) is 0 Å². The lowest BCUT2D eigenvalue weighted by Gasteiger charge is -2.01. The third-order valence-corrected chi connectivity index (χ3v) is 3.19. The molecule has 3 aromatic rings. The molecule has 88 valence electrons. The Hall–Kier alpha value is -2.15. The second kappa shape index (κ2) is 4.61. The number of pyridine rings is 1. The number of fused-ring (bicyclic) bond motifs is 1. The third-order valence-electron chi connectivity index (χ3n) is 3.19. The number of nitrogens with zero attached hydrogens (tertiary/aromatic N) is 1. The molecule has 0 aliphatic heterocycles. The Morgan fingerprint density at radius 3 is 2.56 bits per heavy atom. The lowest BCUT2D eigenvalue weighted by Crippen LogP contribution is -2.33. The predicted octanol–water partition coefficient (Wildman–Crippen LogP) is 3.48. The largest absolute Gasteiger partial charge is 0.200 e. The minimum Gasteiger partial charge on any atom is -0.200 e. The lowest BCUT2D eigenvalue weighted by atomic mass is 10.1. The van der Waals surface area contributed by atoms with Crippen LogP contribution in [0.25, 0.3) is 10.8 Å². The molecule has 0 aliphatic rings.